The summed E-state index contributed by atoms with van der Waals surface area (Å²) in [4.78, 5) is 37.5. The van der Waals surface area contributed by atoms with E-state index in [4.69, 9.17) is 9.47 Å². The third-order valence-corrected chi connectivity index (χ3v) is 4.57. The molecule has 1 aliphatic heterocycles. The molecule has 1 fully saturated rings. The number of benzene rings is 2. The minimum Gasteiger partial charge on any atom is -0.462 e. The highest BCUT2D eigenvalue weighted by Crippen LogP contribution is 2.33. The predicted molar refractivity (Wildman–Crippen MR) is 107 cm³/mol. The highest BCUT2D eigenvalue weighted by molar-refractivity contribution is 8.18. The highest BCUT2D eigenvalue weighted by Gasteiger charge is 2.36. The number of hydrogen-bond donors (Lipinski definition) is 0. The molecule has 0 N–H and O–H groups in total. The average Bonchev–Trinajstić information content (AvgIpc) is 2.90. The number of esters is 1. The number of ether oxygens (including phenoxy) is 2. The van der Waals surface area contributed by atoms with Gasteiger partial charge in [0, 0.05) is 0 Å². The van der Waals surface area contributed by atoms with Crippen molar-refractivity contribution < 1.29 is 23.9 Å². The van der Waals surface area contributed by atoms with Crippen LogP contribution in [-0.4, -0.2) is 34.7 Å². The van der Waals surface area contributed by atoms with Gasteiger partial charge in [0.25, 0.3) is 11.1 Å². The maximum absolute atomic E-state index is 12.5. The van der Waals surface area contributed by atoms with E-state index in [0.29, 0.717) is 17.1 Å². The van der Waals surface area contributed by atoms with Crippen LogP contribution < -0.4 is 4.74 Å². The van der Waals surface area contributed by atoms with Gasteiger partial charge < -0.3 is 9.47 Å². The first-order valence-corrected chi connectivity index (χ1v) is 9.52. The molecule has 2 amide bonds. The molecule has 1 saturated heterocycles. The molecule has 0 spiro atoms. The predicted octanol–water partition coefficient (Wildman–Crippen LogP) is 4.47. The Bertz CT molecular complexity index is 923. The van der Waals surface area contributed by atoms with Crippen molar-refractivity contribution in [3.05, 3.63) is 65.1 Å². The molecule has 0 radical (unpaired) electrons. The van der Waals surface area contributed by atoms with Gasteiger partial charge in [0.15, 0.2) is 0 Å². The Hall–Kier alpha value is -3.06. The van der Waals surface area contributed by atoms with Crippen LogP contribution in [0.4, 0.5) is 4.79 Å². The Kier molecular flexibility index (Phi) is 6.16. The van der Waals surface area contributed by atoms with E-state index in [-0.39, 0.29) is 11.0 Å². The quantitative estimate of drug-likeness (QED) is 0.529. The van der Waals surface area contributed by atoms with Gasteiger partial charge >= 0.3 is 5.97 Å². The van der Waals surface area contributed by atoms with Crippen LogP contribution in [0.25, 0.3) is 6.08 Å². The fourth-order valence-electron chi connectivity index (χ4n) is 2.51. The zero-order valence-electron chi connectivity index (χ0n) is 15.5. The van der Waals surface area contributed by atoms with Crippen LogP contribution in [0.2, 0.25) is 0 Å². The van der Waals surface area contributed by atoms with Gasteiger partial charge in [0.05, 0.1) is 11.0 Å². The third kappa shape index (κ3) is 5.01. The molecule has 144 valence electrons. The minimum atomic E-state index is -0.614. The second kappa shape index (κ2) is 8.75. The van der Waals surface area contributed by atoms with Crippen molar-refractivity contribution in [3.8, 4) is 11.5 Å². The zero-order valence-corrected chi connectivity index (χ0v) is 16.3. The largest absolute Gasteiger partial charge is 0.462 e. The lowest BCUT2D eigenvalue weighted by Crippen LogP contribution is -2.35. The number of imide groups is 1. The van der Waals surface area contributed by atoms with Crippen molar-refractivity contribution in [3.63, 3.8) is 0 Å². The fraction of sp³-hybridized carbons (Fsp3) is 0.190. The van der Waals surface area contributed by atoms with Crippen molar-refractivity contribution >= 4 is 35.0 Å². The normalized spacial score (nSPS) is 15.4. The second-order valence-electron chi connectivity index (χ2n) is 6.29. The first-order valence-electron chi connectivity index (χ1n) is 8.70. The van der Waals surface area contributed by atoms with Gasteiger partial charge in [-0.05, 0) is 61.5 Å². The topological polar surface area (TPSA) is 72.9 Å². The van der Waals surface area contributed by atoms with Crippen LogP contribution in [0.5, 0.6) is 11.5 Å². The molecule has 0 saturated carbocycles. The number of rotatable bonds is 6. The molecule has 0 atom stereocenters. The Labute approximate surface area is 167 Å². The van der Waals surface area contributed by atoms with Gasteiger partial charge in [0.2, 0.25) is 0 Å². The summed E-state index contributed by atoms with van der Waals surface area (Å²) in [6.45, 7) is 3.02. The summed E-state index contributed by atoms with van der Waals surface area (Å²) in [6.07, 6.45) is 1.30. The van der Waals surface area contributed by atoms with E-state index < -0.39 is 23.7 Å². The van der Waals surface area contributed by atoms with Crippen molar-refractivity contribution in [1.82, 2.24) is 4.90 Å². The van der Waals surface area contributed by atoms with Gasteiger partial charge in [-0.2, -0.15) is 0 Å². The van der Waals surface area contributed by atoms with Crippen LogP contribution >= 0.6 is 11.8 Å². The van der Waals surface area contributed by atoms with Crippen LogP contribution in [0.3, 0.4) is 0 Å². The highest BCUT2D eigenvalue weighted by atomic mass is 32.2. The van der Waals surface area contributed by atoms with E-state index in [1.807, 2.05) is 30.3 Å². The number of carbonyl (C=O) groups is 3. The summed E-state index contributed by atoms with van der Waals surface area (Å²) in [6, 6.07) is 16.5. The van der Waals surface area contributed by atoms with Crippen molar-refractivity contribution in [2.75, 3.05) is 6.54 Å². The first-order chi connectivity index (χ1) is 13.4. The number of nitrogens with zero attached hydrogens (tertiary/aromatic N) is 1. The molecule has 1 aliphatic rings. The molecule has 2 aromatic rings. The lowest BCUT2D eigenvalue weighted by Gasteiger charge is -2.13. The lowest BCUT2D eigenvalue weighted by atomic mass is 10.2. The second-order valence-corrected chi connectivity index (χ2v) is 7.29. The smallest absolute Gasteiger partial charge is 0.326 e. The molecule has 7 heteroatoms. The number of para-hydroxylation sites is 1. The van der Waals surface area contributed by atoms with E-state index in [2.05, 4.69) is 0 Å². The van der Waals surface area contributed by atoms with Gasteiger partial charge in [0.1, 0.15) is 18.0 Å². The van der Waals surface area contributed by atoms with Crippen LogP contribution in [-0.2, 0) is 14.3 Å². The molecule has 6 nitrogen and oxygen atoms in total. The van der Waals surface area contributed by atoms with E-state index in [9.17, 15) is 14.4 Å². The number of hydrogen-bond acceptors (Lipinski definition) is 6. The summed E-state index contributed by atoms with van der Waals surface area (Å²) in [5.74, 6) is 0.185. The molecule has 0 aromatic heterocycles. The average molecular weight is 397 g/mol. The monoisotopic (exact) mass is 397 g/mol. The standard InChI is InChI=1S/C21H19NO5S/c1-14(2)26-19(23)13-22-20(24)18(28-21(22)25)12-15-7-6-10-17(11-15)27-16-8-4-3-5-9-16/h3-12,14H,13H2,1-2H3/b18-12-. The summed E-state index contributed by atoms with van der Waals surface area (Å²) in [5, 5.41) is -0.492. The van der Waals surface area contributed by atoms with Crippen molar-refractivity contribution in [2.24, 2.45) is 0 Å². The molecule has 0 bridgehead atoms. The zero-order chi connectivity index (χ0) is 20.1. The van der Waals surface area contributed by atoms with Crippen LogP contribution in [0.15, 0.2) is 59.5 Å². The Morgan fingerprint density at radius 1 is 1.07 bits per heavy atom. The fourth-order valence-corrected chi connectivity index (χ4v) is 3.35. The maximum Gasteiger partial charge on any atom is 0.326 e. The van der Waals surface area contributed by atoms with E-state index in [0.717, 1.165) is 16.7 Å². The van der Waals surface area contributed by atoms with E-state index >= 15 is 0 Å². The minimum absolute atomic E-state index is 0.249. The number of carbonyl (C=O) groups excluding carboxylic acids is 3. The Morgan fingerprint density at radius 3 is 2.50 bits per heavy atom. The molecular weight excluding hydrogens is 378 g/mol. The molecule has 2 aromatic carbocycles. The van der Waals surface area contributed by atoms with Crippen molar-refractivity contribution in [1.29, 1.82) is 0 Å². The third-order valence-electron chi connectivity index (χ3n) is 3.66. The van der Waals surface area contributed by atoms with Crippen LogP contribution in [0.1, 0.15) is 19.4 Å². The van der Waals surface area contributed by atoms with E-state index in [1.54, 1.807) is 44.2 Å². The van der Waals surface area contributed by atoms with Crippen molar-refractivity contribution in [2.45, 2.75) is 20.0 Å². The van der Waals surface area contributed by atoms with Gasteiger partial charge in [-0.1, -0.05) is 30.3 Å². The molecule has 0 unspecified atom stereocenters. The lowest BCUT2D eigenvalue weighted by molar-refractivity contribution is -0.149. The Morgan fingerprint density at radius 2 is 1.79 bits per heavy atom. The molecule has 28 heavy (non-hydrogen) atoms. The molecule has 0 aliphatic carbocycles. The van der Waals surface area contributed by atoms with E-state index in [1.165, 1.54) is 0 Å². The molecule has 3 rings (SSSR count). The molecular formula is C21H19NO5S. The first kappa shape index (κ1) is 19.7. The number of thioether (sulfide) groups is 1. The maximum atomic E-state index is 12.5. The molecule has 1 heterocycles. The summed E-state index contributed by atoms with van der Waals surface area (Å²) >= 11 is 0.797. The summed E-state index contributed by atoms with van der Waals surface area (Å²) in [7, 11) is 0. The number of amides is 2. The Balaban J connectivity index is 1.73. The summed E-state index contributed by atoms with van der Waals surface area (Å²) in [5.41, 5.74) is 0.712. The van der Waals surface area contributed by atoms with Gasteiger partial charge in [-0.25, -0.2) is 0 Å². The van der Waals surface area contributed by atoms with Gasteiger partial charge in [-0.15, -0.1) is 0 Å². The van der Waals surface area contributed by atoms with Gasteiger partial charge in [-0.3, -0.25) is 19.3 Å². The summed E-state index contributed by atoms with van der Waals surface area (Å²) < 4.78 is 10.8. The SMILES string of the molecule is CC(C)OC(=O)CN1C(=O)S/C(=C\c2cccc(Oc3ccccc3)c2)C1=O. The van der Waals surface area contributed by atoms with Crippen LogP contribution in [0, 0.1) is 0 Å².